The van der Waals surface area contributed by atoms with Crippen LogP contribution in [0.5, 0.6) is 11.5 Å². The van der Waals surface area contributed by atoms with Crippen LogP contribution < -0.4 is 19.3 Å². The molecule has 0 spiro atoms. The summed E-state index contributed by atoms with van der Waals surface area (Å²) >= 11 is 3.02. The molecule has 4 heterocycles. The van der Waals surface area contributed by atoms with Gasteiger partial charge in [-0.15, -0.1) is 22.7 Å². The normalized spacial score (nSPS) is 15.4. The highest BCUT2D eigenvalue weighted by Gasteiger charge is 2.26. The van der Waals surface area contributed by atoms with Crippen LogP contribution in [0.2, 0.25) is 0 Å². The van der Waals surface area contributed by atoms with Gasteiger partial charge in [-0.3, -0.25) is 14.5 Å². The Morgan fingerprint density at radius 3 is 2.81 bits per heavy atom. The molecule has 0 saturated carbocycles. The first-order chi connectivity index (χ1) is 15.2. The van der Waals surface area contributed by atoms with Crippen LogP contribution in [-0.4, -0.2) is 36.6 Å². The molecule has 0 bridgehead atoms. The van der Waals surface area contributed by atoms with E-state index in [0.29, 0.717) is 55.0 Å². The first kappa shape index (κ1) is 20.0. The fourth-order valence-corrected chi connectivity index (χ4v) is 5.24. The van der Waals surface area contributed by atoms with Crippen LogP contribution >= 0.6 is 22.7 Å². The first-order valence-corrected chi connectivity index (χ1v) is 11.9. The zero-order valence-electron chi connectivity index (χ0n) is 16.8. The summed E-state index contributed by atoms with van der Waals surface area (Å²) in [6.07, 6.45) is 1.58. The Morgan fingerprint density at radius 2 is 2.03 bits per heavy atom. The molecule has 31 heavy (non-hydrogen) atoms. The van der Waals surface area contributed by atoms with Gasteiger partial charge in [0.05, 0.1) is 18.7 Å². The molecule has 2 aliphatic heterocycles. The zero-order valence-corrected chi connectivity index (χ0v) is 18.4. The maximum Gasteiger partial charge on any atom is 0.233 e. The lowest BCUT2D eigenvalue weighted by Crippen LogP contribution is -2.32. The van der Waals surface area contributed by atoms with Crippen molar-refractivity contribution in [3.05, 3.63) is 51.7 Å². The Labute approximate surface area is 187 Å². The summed E-state index contributed by atoms with van der Waals surface area (Å²) in [4.78, 5) is 34.4. The van der Waals surface area contributed by atoms with Gasteiger partial charge in [-0.25, -0.2) is 4.98 Å². The average molecular weight is 456 g/mol. The summed E-state index contributed by atoms with van der Waals surface area (Å²) in [6.45, 7) is 2.18. The quantitative estimate of drug-likeness (QED) is 0.564. The molecule has 9 heteroatoms. The number of nitrogens with zero attached hydrogens (tertiary/aromatic N) is 3. The summed E-state index contributed by atoms with van der Waals surface area (Å²) < 4.78 is 11.3. The number of hydrogen-bond donors (Lipinski definition) is 0. The van der Waals surface area contributed by atoms with Crippen molar-refractivity contribution in [2.75, 3.05) is 29.6 Å². The molecule has 160 valence electrons. The van der Waals surface area contributed by atoms with E-state index in [1.54, 1.807) is 21.1 Å². The van der Waals surface area contributed by atoms with E-state index in [1.165, 1.54) is 11.3 Å². The molecule has 0 atom stereocenters. The fourth-order valence-electron chi connectivity index (χ4n) is 3.68. The minimum Gasteiger partial charge on any atom is -0.486 e. The predicted octanol–water partition coefficient (Wildman–Crippen LogP) is 3.88. The van der Waals surface area contributed by atoms with E-state index in [0.717, 1.165) is 17.0 Å². The van der Waals surface area contributed by atoms with E-state index < -0.39 is 0 Å². The summed E-state index contributed by atoms with van der Waals surface area (Å²) in [5, 5.41) is 4.54. The van der Waals surface area contributed by atoms with Gasteiger partial charge in [0, 0.05) is 35.0 Å². The minimum atomic E-state index is -0.0605. The molecule has 3 aromatic rings. The minimum absolute atomic E-state index is 0.0605. The lowest BCUT2D eigenvalue weighted by molar-refractivity contribution is -0.118. The summed E-state index contributed by atoms with van der Waals surface area (Å²) in [5.74, 6) is 1.38. The number of carbonyl (C=O) groups excluding carboxylic acids is 2. The molecule has 0 aliphatic carbocycles. The topological polar surface area (TPSA) is 72.0 Å². The monoisotopic (exact) mass is 455 g/mol. The number of fused-ring (bicyclic) bond motifs is 1. The van der Waals surface area contributed by atoms with Crippen LogP contribution in [0.1, 0.15) is 23.4 Å². The Balaban J connectivity index is 1.38. The van der Waals surface area contributed by atoms with Crippen molar-refractivity contribution in [1.82, 2.24) is 4.98 Å². The lowest BCUT2D eigenvalue weighted by atomic mass is 10.2. The van der Waals surface area contributed by atoms with Gasteiger partial charge in [-0.2, -0.15) is 0 Å². The van der Waals surface area contributed by atoms with Crippen LogP contribution in [0.3, 0.4) is 0 Å². The zero-order chi connectivity index (χ0) is 21.2. The van der Waals surface area contributed by atoms with E-state index in [-0.39, 0.29) is 18.2 Å². The molecular formula is C22H21N3O4S2. The molecule has 1 fully saturated rings. The molecule has 5 rings (SSSR count). The summed E-state index contributed by atoms with van der Waals surface area (Å²) in [7, 11) is 0. The molecule has 7 nitrogen and oxygen atoms in total. The number of thiazole rings is 1. The number of rotatable bonds is 6. The summed E-state index contributed by atoms with van der Waals surface area (Å²) in [6, 6.07) is 9.58. The Hall–Kier alpha value is -2.91. The summed E-state index contributed by atoms with van der Waals surface area (Å²) in [5.41, 5.74) is 1.44. The molecule has 0 N–H and O–H groups in total. The maximum absolute atomic E-state index is 13.3. The molecule has 1 saturated heterocycles. The maximum atomic E-state index is 13.3. The highest BCUT2D eigenvalue weighted by molar-refractivity contribution is 7.14. The van der Waals surface area contributed by atoms with Gasteiger partial charge in [0.15, 0.2) is 16.6 Å². The van der Waals surface area contributed by atoms with Gasteiger partial charge in [-0.1, -0.05) is 6.07 Å². The van der Waals surface area contributed by atoms with E-state index in [2.05, 4.69) is 4.98 Å². The van der Waals surface area contributed by atoms with Gasteiger partial charge in [0.2, 0.25) is 11.8 Å². The fraction of sp³-hybridized carbons (Fsp3) is 0.318. The van der Waals surface area contributed by atoms with Gasteiger partial charge in [0.1, 0.15) is 13.2 Å². The highest BCUT2D eigenvalue weighted by atomic mass is 32.1. The first-order valence-electron chi connectivity index (χ1n) is 10.1. The standard InChI is InChI=1S/C22H21N3O4S2/c26-20-4-1-7-24(20)22-23-15(14-31-22)11-21(27)25(13-17-3-2-10-30-17)16-5-6-18-19(12-16)29-9-8-28-18/h2-3,5-6,10,12,14H,1,4,7-9,11,13H2. The van der Waals surface area contributed by atoms with Crippen molar-refractivity contribution >= 4 is 45.3 Å². The second-order valence-corrected chi connectivity index (χ2v) is 9.20. The van der Waals surface area contributed by atoms with Gasteiger partial charge in [-0.05, 0) is 30.0 Å². The molecule has 0 radical (unpaired) electrons. The number of hydrogen-bond acceptors (Lipinski definition) is 7. The van der Waals surface area contributed by atoms with Gasteiger partial charge in [0.25, 0.3) is 0 Å². The van der Waals surface area contributed by atoms with Crippen LogP contribution in [0.4, 0.5) is 10.8 Å². The second-order valence-electron chi connectivity index (χ2n) is 7.33. The Kier molecular flexibility index (Phi) is 5.61. The van der Waals surface area contributed by atoms with Crippen LogP contribution in [0.15, 0.2) is 41.1 Å². The van der Waals surface area contributed by atoms with Crippen molar-refractivity contribution in [3.8, 4) is 11.5 Å². The predicted molar refractivity (Wildman–Crippen MR) is 120 cm³/mol. The second kappa shape index (κ2) is 8.68. The van der Waals surface area contributed by atoms with E-state index >= 15 is 0 Å². The lowest BCUT2D eigenvalue weighted by Gasteiger charge is -2.25. The number of amides is 2. The third kappa shape index (κ3) is 4.28. The molecule has 2 amide bonds. The van der Waals surface area contributed by atoms with Crippen molar-refractivity contribution < 1.29 is 19.1 Å². The SMILES string of the molecule is O=C(Cc1csc(N2CCCC2=O)n1)N(Cc1cccs1)c1ccc2c(c1)OCCO2. The van der Waals surface area contributed by atoms with Gasteiger partial charge < -0.3 is 14.4 Å². The van der Waals surface area contributed by atoms with Crippen molar-refractivity contribution in [2.45, 2.75) is 25.8 Å². The number of thiophene rings is 1. The van der Waals surface area contributed by atoms with E-state index in [9.17, 15) is 9.59 Å². The van der Waals surface area contributed by atoms with E-state index in [4.69, 9.17) is 9.47 Å². The Morgan fingerprint density at radius 1 is 1.16 bits per heavy atom. The molecule has 1 aromatic carbocycles. The van der Waals surface area contributed by atoms with Crippen LogP contribution in [-0.2, 0) is 22.6 Å². The van der Waals surface area contributed by atoms with E-state index in [1.807, 2.05) is 41.1 Å². The number of ether oxygens (including phenoxy) is 2. The highest BCUT2D eigenvalue weighted by Crippen LogP contribution is 2.35. The van der Waals surface area contributed by atoms with Crippen molar-refractivity contribution in [3.63, 3.8) is 0 Å². The largest absolute Gasteiger partial charge is 0.486 e. The molecule has 0 unspecified atom stereocenters. The molecule has 2 aromatic heterocycles. The third-order valence-electron chi connectivity index (χ3n) is 5.21. The van der Waals surface area contributed by atoms with Gasteiger partial charge >= 0.3 is 0 Å². The Bertz CT molecular complexity index is 1100. The molecular weight excluding hydrogens is 434 g/mol. The third-order valence-corrected chi connectivity index (χ3v) is 6.98. The number of carbonyl (C=O) groups is 2. The smallest absolute Gasteiger partial charge is 0.233 e. The van der Waals surface area contributed by atoms with Crippen LogP contribution in [0, 0.1) is 0 Å². The number of anilines is 2. The average Bonchev–Trinajstić information content (AvgIpc) is 3.54. The van der Waals surface area contributed by atoms with Crippen LogP contribution in [0.25, 0.3) is 0 Å². The van der Waals surface area contributed by atoms with Crippen molar-refractivity contribution in [1.29, 1.82) is 0 Å². The molecule has 2 aliphatic rings. The van der Waals surface area contributed by atoms with Crippen molar-refractivity contribution in [2.24, 2.45) is 0 Å². The number of benzene rings is 1. The number of aromatic nitrogens is 1.